The lowest BCUT2D eigenvalue weighted by molar-refractivity contribution is 0.0331. The van der Waals surface area contributed by atoms with Crippen molar-refractivity contribution in [3.63, 3.8) is 0 Å². The normalized spacial score (nSPS) is 28.8. The van der Waals surface area contributed by atoms with E-state index in [0.29, 0.717) is 19.1 Å². The van der Waals surface area contributed by atoms with Crippen LogP contribution in [0, 0.1) is 0 Å². The molecule has 74 valence electrons. The molecule has 13 heavy (non-hydrogen) atoms. The van der Waals surface area contributed by atoms with E-state index in [0.717, 1.165) is 19.3 Å². The number of carbonyl (C=O) groups excluding carboxylic acids is 1. The van der Waals surface area contributed by atoms with Crippen LogP contribution < -0.4 is 0 Å². The van der Waals surface area contributed by atoms with Gasteiger partial charge in [0.05, 0.1) is 6.61 Å². The van der Waals surface area contributed by atoms with Gasteiger partial charge in [-0.1, -0.05) is 0 Å². The summed E-state index contributed by atoms with van der Waals surface area (Å²) in [5, 5.41) is 8.85. The van der Waals surface area contributed by atoms with Gasteiger partial charge in [0, 0.05) is 25.1 Å². The maximum absolute atomic E-state index is 11.4. The first kappa shape index (κ1) is 8.81. The highest BCUT2D eigenvalue weighted by atomic mass is 16.6. The Bertz CT molecular complexity index is 201. The Hall–Kier alpha value is -0.770. The molecule has 1 amide bonds. The molecule has 2 aliphatic rings. The van der Waals surface area contributed by atoms with Gasteiger partial charge in [-0.05, 0) is 19.3 Å². The summed E-state index contributed by atoms with van der Waals surface area (Å²) >= 11 is 0. The molecule has 0 radical (unpaired) electrons. The summed E-state index contributed by atoms with van der Waals surface area (Å²) in [5.41, 5.74) is 0. The van der Waals surface area contributed by atoms with Crippen LogP contribution in [0.5, 0.6) is 0 Å². The van der Waals surface area contributed by atoms with E-state index in [1.807, 2.05) is 4.90 Å². The number of aliphatic hydroxyl groups is 1. The summed E-state index contributed by atoms with van der Waals surface area (Å²) in [6.07, 6.45) is 3.55. The first-order chi connectivity index (χ1) is 6.33. The van der Waals surface area contributed by atoms with Gasteiger partial charge in [0.25, 0.3) is 0 Å². The molecule has 2 fully saturated rings. The van der Waals surface area contributed by atoms with Crippen LogP contribution in [0.3, 0.4) is 0 Å². The molecule has 1 N–H and O–H groups in total. The van der Waals surface area contributed by atoms with Gasteiger partial charge in [-0.15, -0.1) is 0 Å². The zero-order chi connectivity index (χ0) is 9.26. The van der Waals surface area contributed by atoms with E-state index in [4.69, 9.17) is 9.84 Å². The summed E-state index contributed by atoms with van der Waals surface area (Å²) in [4.78, 5) is 13.2. The van der Waals surface area contributed by atoms with Gasteiger partial charge in [-0.2, -0.15) is 0 Å². The van der Waals surface area contributed by atoms with E-state index in [1.165, 1.54) is 0 Å². The third-order valence-electron chi connectivity index (χ3n) is 2.68. The largest absolute Gasteiger partial charge is 0.449 e. The van der Waals surface area contributed by atoms with Crippen LogP contribution in [0.2, 0.25) is 0 Å². The molecule has 1 aliphatic carbocycles. The van der Waals surface area contributed by atoms with Crippen LogP contribution in [-0.4, -0.2) is 41.4 Å². The maximum Gasteiger partial charge on any atom is 0.410 e. The average molecular weight is 185 g/mol. The van der Waals surface area contributed by atoms with E-state index in [2.05, 4.69) is 0 Å². The number of carbonyl (C=O) groups is 1. The Kier molecular flexibility index (Phi) is 2.40. The van der Waals surface area contributed by atoms with Crippen molar-refractivity contribution in [2.24, 2.45) is 0 Å². The molecule has 2 rings (SSSR count). The van der Waals surface area contributed by atoms with E-state index in [-0.39, 0.29) is 18.7 Å². The van der Waals surface area contributed by atoms with Crippen LogP contribution in [-0.2, 0) is 4.74 Å². The van der Waals surface area contributed by atoms with Gasteiger partial charge in [0.1, 0.15) is 0 Å². The third-order valence-corrected chi connectivity index (χ3v) is 2.68. The van der Waals surface area contributed by atoms with Crippen molar-refractivity contribution in [2.75, 3.05) is 13.2 Å². The quantitative estimate of drug-likeness (QED) is 0.705. The molecular weight excluding hydrogens is 170 g/mol. The second-order valence-corrected chi connectivity index (χ2v) is 3.71. The highest BCUT2D eigenvalue weighted by molar-refractivity contribution is 5.69. The second kappa shape index (κ2) is 3.54. The van der Waals surface area contributed by atoms with E-state index >= 15 is 0 Å². The first-order valence-electron chi connectivity index (χ1n) is 4.89. The smallest absolute Gasteiger partial charge is 0.410 e. The summed E-state index contributed by atoms with van der Waals surface area (Å²) < 4.78 is 4.97. The molecule has 0 aromatic carbocycles. The van der Waals surface area contributed by atoms with Gasteiger partial charge in [-0.3, -0.25) is 0 Å². The Morgan fingerprint density at radius 3 is 2.85 bits per heavy atom. The van der Waals surface area contributed by atoms with Gasteiger partial charge < -0.3 is 14.7 Å². The highest BCUT2D eigenvalue weighted by Crippen LogP contribution is 2.32. The van der Waals surface area contributed by atoms with Gasteiger partial charge in [0.2, 0.25) is 0 Å². The van der Waals surface area contributed by atoms with Crippen molar-refractivity contribution in [3.05, 3.63) is 0 Å². The summed E-state index contributed by atoms with van der Waals surface area (Å²) in [6.45, 7) is 0.661. The lowest BCUT2D eigenvalue weighted by Crippen LogP contribution is -2.47. The van der Waals surface area contributed by atoms with Crippen LogP contribution in [0.4, 0.5) is 4.79 Å². The highest BCUT2D eigenvalue weighted by Gasteiger charge is 2.40. The number of amides is 1. The number of nitrogens with zero attached hydrogens (tertiary/aromatic N) is 1. The van der Waals surface area contributed by atoms with E-state index in [9.17, 15) is 4.79 Å². The Labute approximate surface area is 77.5 Å². The van der Waals surface area contributed by atoms with Crippen molar-refractivity contribution < 1.29 is 14.6 Å². The van der Waals surface area contributed by atoms with Crippen molar-refractivity contribution in [2.45, 2.75) is 37.8 Å². The molecule has 1 unspecified atom stereocenters. The molecular formula is C9H15NO3. The SMILES string of the molecule is O=C1OCCC(CCO)N1C1CC1. The fourth-order valence-corrected chi connectivity index (χ4v) is 1.88. The van der Waals surface area contributed by atoms with Crippen molar-refractivity contribution in [1.82, 2.24) is 4.90 Å². The zero-order valence-electron chi connectivity index (χ0n) is 7.61. The van der Waals surface area contributed by atoms with Crippen LogP contribution >= 0.6 is 0 Å². The molecule has 1 saturated carbocycles. The Balaban J connectivity index is 2.00. The minimum atomic E-state index is -0.188. The third kappa shape index (κ3) is 1.77. The van der Waals surface area contributed by atoms with Crippen molar-refractivity contribution >= 4 is 6.09 Å². The monoisotopic (exact) mass is 185 g/mol. The van der Waals surface area contributed by atoms with E-state index < -0.39 is 0 Å². The number of aliphatic hydroxyl groups excluding tert-OH is 1. The Morgan fingerprint density at radius 1 is 1.46 bits per heavy atom. The average Bonchev–Trinajstić information content (AvgIpc) is 2.88. The number of rotatable bonds is 3. The van der Waals surface area contributed by atoms with Gasteiger partial charge >= 0.3 is 6.09 Å². The lowest BCUT2D eigenvalue weighted by Gasteiger charge is -2.34. The fraction of sp³-hybridized carbons (Fsp3) is 0.889. The number of cyclic esters (lactones) is 1. The lowest BCUT2D eigenvalue weighted by atomic mass is 10.1. The molecule has 0 spiro atoms. The maximum atomic E-state index is 11.4. The topological polar surface area (TPSA) is 49.8 Å². The minimum absolute atomic E-state index is 0.154. The predicted molar refractivity (Wildman–Crippen MR) is 46.3 cm³/mol. The molecule has 0 aromatic rings. The molecule has 1 aliphatic heterocycles. The molecule has 4 nitrogen and oxygen atoms in total. The molecule has 0 bridgehead atoms. The first-order valence-corrected chi connectivity index (χ1v) is 4.89. The summed E-state index contributed by atoms with van der Waals surface area (Å²) in [6, 6.07) is 0.600. The predicted octanol–water partition coefficient (Wildman–Crippen LogP) is 0.742. The minimum Gasteiger partial charge on any atom is -0.449 e. The van der Waals surface area contributed by atoms with Crippen LogP contribution in [0.15, 0.2) is 0 Å². The molecule has 1 saturated heterocycles. The molecule has 1 atom stereocenters. The number of hydrogen-bond donors (Lipinski definition) is 1. The summed E-state index contributed by atoms with van der Waals surface area (Å²) in [7, 11) is 0. The molecule has 4 heteroatoms. The standard InChI is InChI=1S/C9H15NO3/c11-5-3-8-4-6-13-9(12)10(8)7-1-2-7/h7-8,11H,1-6H2. The van der Waals surface area contributed by atoms with Gasteiger partial charge in [0.15, 0.2) is 0 Å². The molecule has 1 heterocycles. The van der Waals surface area contributed by atoms with Gasteiger partial charge in [-0.25, -0.2) is 4.79 Å². The van der Waals surface area contributed by atoms with Crippen molar-refractivity contribution in [1.29, 1.82) is 0 Å². The van der Waals surface area contributed by atoms with Crippen LogP contribution in [0.1, 0.15) is 25.7 Å². The zero-order valence-corrected chi connectivity index (χ0v) is 7.61. The fourth-order valence-electron chi connectivity index (χ4n) is 1.88. The number of hydrogen-bond acceptors (Lipinski definition) is 3. The van der Waals surface area contributed by atoms with Crippen LogP contribution in [0.25, 0.3) is 0 Å². The summed E-state index contributed by atoms with van der Waals surface area (Å²) in [5.74, 6) is 0. The second-order valence-electron chi connectivity index (χ2n) is 3.71. The Morgan fingerprint density at radius 2 is 2.23 bits per heavy atom. The number of ether oxygens (including phenoxy) is 1. The van der Waals surface area contributed by atoms with E-state index in [1.54, 1.807) is 0 Å². The molecule has 0 aromatic heterocycles. The van der Waals surface area contributed by atoms with Crippen molar-refractivity contribution in [3.8, 4) is 0 Å².